The molecule has 1 atom stereocenters. The number of unbranched alkanes of at least 4 members (excludes halogenated alkanes) is 1. The van der Waals surface area contributed by atoms with Gasteiger partial charge in [-0.2, -0.15) is 0 Å². The third-order valence-corrected chi connectivity index (χ3v) is 2.19. The Labute approximate surface area is 95.4 Å². The number of rotatable bonds is 5. The Morgan fingerprint density at radius 3 is 2.50 bits per heavy atom. The lowest BCUT2D eigenvalue weighted by atomic mass is 10.1. The summed E-state index contributed by atoms with van der Waals surface area (Å²) in [6, 6.07) is -0.716. The van der Waals surface area contributed by atoms with Crippen LogP contribution in [-0.2, 0) is 9.59 Å². The van der Waals surface area contributed by atoms with Gasteiger partial charge in [0.15, 0.2) is 0 Å². The average molecular weight is 231 g/mol. The van der Waals surface area contributed by atoms with Crippen molar-refractivity contribution in [1.82, 2.24) is 5.32 Å². The van der Waals surface area contributed by atoms with Gasteiger partial charge in [0.2, 0.25) is 5.91 Å². The fraction of sp³-hybridized carbons (Fsp3) is 0.800. The lowest BCUT2D eigenvalue weighted by Gasteiger charge is -2.03. The summed E-state index contributed by atoms with van der Waals surface area (Å²) in [4.78, 5) is 20.3. The largest absolute Gasteiger partial charge is 0.480 e. The lowest BCUT2D eigenvalue weighted by Crippen LogP contribution is -2.29. The van der Waals surface area contributed by atoms with Crippen LogP contribution in [0, 0.1) is 0 Å². The molecule has 0 bridgehead atoms. The van der Waals surface area contributed by atoms with E-state index in [0.29, 0.717) is 13.0 Å². The third kappa shape index (κ3) is 8.19. The van der Waals surface area contributed by atoms with E-state index >= 15 is 0 Å². The van der Waals surface area contributed by atoms with Gasteiger partial charge in [-0.25, -0.2) is 0 Å². The maximum Gasteiger partial charge on any atom is 0.320 e. The minimum atomic E-state index is -0.933. The molecule has 6 heteroatoms. The first-order valence-corrected chi connectivity index (χ1v) is 5.53. The van der Waals surface area contributed by atoms with E-state index in [2.05, 4.69) is 5.32 Å². The summed E-state index contributed by atoms with van der Waals surface area (Å²) in [5, 5.41) is 11.0. The Kier molecular flexibility index (Phi) is 8.46. The van der Waals surface area contributed by atoms with Gasteiger partial charge >= 0.3 is 5.97 Å². The first-order valence-electron chi connectivity index (χ1n) is 5.53. The van der Waals surface area contributed by atoms with Gasteiger partial charge in [0.1, 0.15) is 6.04 Å². The van der Waals surface area contributed by atoms with E-state index in [-0.39, 0.29) is 5.91 Å². The maximum absolute atomic E-state index is 10.1. The van der Waals surface area contributed by atoms with Gasteiger partial charge in [-0.3, -0.25) is 9.59 Å². The van der Waals surface area contributed by atoms with Crippen LogP contribution >= 0.6 is 0 Å². The van der Waals surface area contributed by atoms with E-state index in [1.165, 1.54) is 0 Å². The van der Waals surface area contributed by atoms with Crippen molar-refractivity contribution in [2.75, 3.05) is 13.1 Å². The first-order chi connectivity index (χ1) is 7.57. The predicted molar refractivity (Wildman–Crippen MR) is 60.8 cm³/mol. The van der Waals surface area contributed by atoms with Gasteiger partial charge < -0.3 is 21.9 Å². The Hall–Kier alpha value is -1.14. The molecule has 1 fully saturated rings. The number of nitrogens with two attached hydrogens (primary N) is 2. The number of amides is 1. The minimum absolute atomic E-state index is 0.204. The van der Waals surface area contributed by atoms with Gasteiger partial charge in [-0.1, -0.05) is 6.42 Å². The molecule has 1 heterocycles. The zero-order chi connectivity index (χ0) is 12.4. The van der Waals surface area contributed by atoms with Crippen molar-refractivity contribution in [2.45, 2.75) is 38.1 Å². The summed E-state index contributed by atoms with van der Waals surface area (Å²) in [5.74, 6) is -0.730. The van der Waals surface area contributed by atoms with Crippen LogP contribution in [0.15, 0.2) is 0 Å². The standard InChI is InChI=1S/C6H14N2O2.C4H7NO/c7-4-2-1-3-5(8)6(9)10;6-4-2-1-3-5-4/h5H,1-4,7-8H2,(H,9,10);1-3H2,(H,5,6). The fourth-order valence-corrected chi connectivity index (χ4v) is 1.20. The van der Waals surface area contributed by atoms with E-state index in [1.54, 1.807) is 0 Å². The van der Waals surface area contributed by atoms with Gasteiger partial charge in [-0.15, -0.1) is 0 Å². The molecule has 0 aromatic heterocycles. The molecule has 0 aliphatic carbocycles. The molecule has 94 valence electrons. The molecular weight excluding hydrogens is 210 g/mol. The number of carboxylic acid groups (broad SMARTS) is 1. The summed E-state index contributed by atoms with van der Waals surface area (Å²) >= 11 is 0. The van der Waals surface area contributed by atoms with Gasteiger partial charge in [-0.05, 0) is 25.8 Å². The zero-order valence-corrected chi connectivity index (χ0v) is 9.45. The molecule has 16 heavy (non-hydrogen) atoms. The van der Waals surface area contributed by atoms with Gasteiger partial charge in [0, 0.05) is 13.0 Å². The van der Waals surface area contributed by atoms with Crippen LogP contribution in [0.4, 0.5) is 0 Å². The molecule has 0 spiro atoms. The fourth-order valence-electron chi connectivity index (χ4n) is 1.20. The van der Waals surface area contributed by atoms with Crippen molar-refractivity contribution < 1.29 is 14.7 Å². The number of carbonyl (C=O) groups excluding carboxylic acids is 1. The number of carbonyl (C=O) groups is 2. The van der Waals surface area contributed by atoms with Crippen LogP contribution in [-0.4, -0.2) is 36.1 Å². The Balaban J connectivity index is 0.000000315. The number of hydrogen-bond donors (Lipinski definition) is 4. The normalized spacial score (nSPS) is 16.0. The molecule has 0 radical (unpaired) electrons. The Morgan fingerprint density at radius 1 is 1.50 bits per heavy atom. The first kappa shape index (κ1) is 14.9. The molecule has 0 aromatic carbocycles. The molecule has 6 nitrogen and oxygen atoms in total. The quantitative estimate of drug-likeness (QED) is 0.472. The number of nitrogens with one attached hydrogen (secondary N) is 1. The predicted octanol–water partition coefficient (Wildman–Crippen LogP) is -0.576. The van der Waals surface area contributed by atoms with E-state index in [0.717, 1.165) is 32.2 Å². The average Bonchev–Trinajstić information content (AvgIpc) is 2.70. The molecule has 0 saturated carbocycles. The maximum atomic E-state index is 10.1. The molecule has 1 unspecified atom stereocenters. The highest BCUT2D eigenvalue weighted by molar-refractivity contribution is 5.77. The van der Waals surface area contributed by atoms with Gasteiger partial charge in [0.05, 0.1) is 0 Å². The van der Waals surface area contributed by atoms with Crippen molar-refractivity contribution in [3.05, 3.63) is 0 Å². The molecule has 1 rings (SSSR count). The van der Waals surface area contributed by atoms with E-state index in [1.807, 2.05) is 0 Å². The highest BCUT2D eigenvalue weighted by Crippen LogP contribution is 1.97. The molecule has 1 amide bonds. The van der Waals surface area contributed by atoms with Crippen molar-refractivity contribution in [2.24, 2.45) is 11.5 Å². The summed E-state index contributed by atoms with van der Waals surface area (Å²) < 4.78 is 0. The molecule has 1 saturated heterocycles. The van der Waals surface area contributed by atoms with Crippen LogP contribution in [0.5, 0.6) is 0 Å². The van der Waals surface area contributed by atoms with Crippen molar-refractivity contribution in [1.29, 1.82) is 0 Å². The smallest absolute Gasteiger partial charge is 0.320 e. The summed E-state index contributed by atoms with van der Waals surface area (Å²) in [5.41, 5.74) is 10.4. The van der Waals surface area contributed by atoms with Gasteiger partial charge in [0.25, 0.3) is 0 Å². The van der Waals surface area contributed by atoms with Crippen LogP contribution in [0.25, 0.3) is 0 Å². The number of aliphatic carboxylic acids is 1. The summed E-state index contributed by atoms with van der Waals surface area (Å²) in [6.07, 6.45) is 3.93. The third-order valence-electron chi connectivity index (χ3n) is 2.19. The van der Waals surface area contributed by atoms with Crippen molar-refractivity contribution in [3.8, 4) is 0 Å². The SMILES string of the molecule is NCCCCC(N)C(=O)O.O=C1CCCN1. The second-order valence-corrected chi connectivity index (χ2v) is 3.68. The monoisotopic (exact) mass is 231 g/mol. The Morgan fingerprint density at radius 2 is 2.19 bits per heavy atom. The van der Waals surface area contributed by atoms with E-state index in [9.17, 15) is 9.59 Å². The van der Waals surface area contributed by atoms with E-state index in [4.69, 9.17) is 16.6 Å². The molecule has 6 N–H and O–H groups in total. The minimum Gasteiger partial charge on any atom is -0.480 e. The summed E-state index contributed by atoms with van der Waals surface area (Å²) in [6.45, 7) is 1.49. The van der Waals surface area contributed by atoms with Crippen LogP contribution in [0.3, 0.4) is 0 Å². The number of carboxylic acids is 1. The van der Waals surface area contributed by atoms with Crippen LogP contribution in [0.2, 0.25) is 0 Å². The van der Waals surface area contributed by atoms with Crippen LogP contribution < -0.4 is 16.8 Å². The van der Waals surface area contributed by atoms with Crippen LogP contribution in [0.1, 0.15) is 32.1 Å². The molecule has 1 aliphatic heterocycles. The second-order valence-electron chi connectivity index (χ2n) is 3.68. The molecular formula is C10H21N3O3. The zero-order valence-electron chi connectivity index (χ0n) is 9.45. The number of hydrogen-bond acceptors (Lipinski definition) is 4. The molecule has 0 aromatic rings. The highest BCUT2D eigenvalue weighted by Gasteiger charge is 2.09. The Bertz CT molecular complexity index is 213. The molecule has 1 aliphatic rings. The van der Waals surface area contributed by atoms with E-state index < -0.39 is 12.0 Å². The topological polar surface area (TPSA) is 118 Å². The van der Waals surface area contributed by atoms with Crippen molar-refractivity contribution in [3.63, 3.8) is 0 Å². The van der Waals surface area contributed by atoms with Crippen molar-refractivity contribution >= 4 is 11.9 Å². The summed E-state index contributed by atoms with van der Waals surface area (Å²) in [7, 11) is 0. The lowest BCUT2D eigenvalue weighted by molar-refractivity contribution is -0.138. The second kappa shape index (κ2) is 9.11. The highest BCUT2D eigenvalue weighted by atomic mass is 16.4.